The van der Waals surface area contributed by atoms with Gasteiger partial charge in [0, 0.05) is 32.1 Å². The Bertz CT molecular complexity index is 767. The van der Waals surface area contributed by atoms with Crippen molar-refractivity contribution in [2.24, 2.45) is 26.3 Å². The molecule has 0 spiro atoms. The summed E-state index contributed by atoms with van der Waals surface area (Å²) in [4.78, 5) is 24.3. The highest BCUT2D eigenvalue weighted by Crippen LogP contribution is 2.29. The van der Waals surface area contributed by atoms with E-state index in [0.29, 0.717) is 44.5 Å². The number of nitrogens with zero attached hydrogens (tertiary/aromatic N) is 6. The predicted octanol–water partition coefficient (Wildman–Crippen LogP) is 4.66. The van der Waals surface area contributed by atoms with E-state index in [1.165, 1.54) is 0 Å². The third-order valence-corrected chi connectivity index (χ3v) is 5.74. The molecule has 0 atom stereocenters. The van der Waals surface area contributed by atoms with Crippen LogP contribution >= 0.6 is 0 Å². The summed E-state index contributed by atoms with van der Waals surface area (Å²) >= 11 is 0. The second-order valence-electron chi connectivity index (χ2n) is 10.2. The van der Waals surface area contributed by atoms with Crippen LogP contribution in [-0.4, -0.2) is 44.4 Å². The molecule has 9 nitrogen and oxygen atoms in total. The molecule has 1 aromatic rings. The Labute approximate surface area is 184 Å². The molecule has 0 unspecified atom stereocenters. The highest BCUT2D eigenvalue weighted by Gasteiger charge is 2.23. The van der Waals surface area contributed by atoms with Gasteiger partial charge >= 0.3 is 0 Å². The number of aromatic amines is 1. The minimum atomic E-state index is 0.0296. The number of nitrogens with one attached hydrogen (secondary N) is 1. The average molecular weight is 432 g/mol. The quantitative estimate of drug-likeness (QED) is 0.407. The van der Waals surface area contributed by atoms with Gasteiger partial charge in [0.2, 0.25) is 0 Å². The van der Waals surface area contributed by atoms with Gasteiger partial charge in [-0.25, -0.2) is 0 Å². The molecule has 1 aromatic heterocycles. The number of aromatic nitrogens is 4. The summed E-state index contributed by atoms with van der Waals surface area (Å²) in [6.45, 7) is 9.30. The SMILES string of the molecule is CC(C)(CCCC(=O)CCCC(=O)CCCC(C)(C)Cc1nn[nH]n1)CC1=NN=NC1. The first-order valence-electron chi connectivity index (χ1n) is 11.3. The fourth-order valence-electron chi connectivity index (χ4n) is 4.01. The van der Waals surface area contributed by atoms with E-state index in [4.69, 9.17) is 0 Å². The number of hydrogen-bond acceptors (Lipinski definition) is 8. The highest BCUT2D eigenvalue weighted by molar-refractivity contribution is 5.87. The van der Waals surface area contributed by atoms with Crippen molar-refractivity contribution in [3.8, 4) is 0 Å². The fourth-order valence-corrected chi connectivity index (χ4v) is 4.01. The lowest BCUT2D eigenvalue weighted by Crippen LogP contribution is -2.18. The van der Waals surface area contributed by atoms with Crippen molar-refractivity contribution < 1.29 is 9.59 Å². The smallest absolute Gasteiger partial charge is 0.175 e. The second kappa shape index (κ2) is 11.9. The minimum absolute atomic E-state index is 0.0296. The molecule has 0 aromatic carbocycles. The van der Waals surface area contributed by atoms with Crippen molar-refractivity contribution in [2.75, 3.05) is 6.54 Å². The summed E-state index contributed by atoms with van der Waals surface area (Å²) < 4.78 is 0. The van der Waals surface area contributed by atoms with Crippen LogP contribution in [0.15, 0.2) is 15.4 Å². The van der Waals surface area contributed by atoms with Crippen molar-refractivity contribution >= 4 is 17.3 Å². The van der Waals surface area contributed by atoms with Crippen LogP contribution in [0.3, 0.4) is 0 Å². The molecule has 2 rings (SSSR count). The van der Waals surface area contributed by atoms with E-state index in [1.807, 2.05) is 0 Å². The molecule has 0 radical (unpaired) electrons. The molecule has 31 heavy (non-hydrogen) atoms. The average Bonchev–Trinajstić information content (AvgIpc) is 3.34. The maximum atomic E-state index is 12.2. The lowest BCUT2D eigenvalue weighted by Gasteiger charge is -2.23. The molecule has 0 bridgehead atoms. The van der Waals surface area contributed by atoms with Gasteiger partial charge in [-0.1, -0.05) is 32.9 Å². The van der Waals surface area contributed by atoms with Crippen molar-refractivity contribution in [1.82, 2.24) is 20.6 Å². The standard InChI is InChI=1S/C22H37N7O2/c1-21(2,14-17-16-23-27-24-17)12-6-10-18(30)8-5-9-19(31)11-7-13-22(3,4)15-20-25-28-29-26-20/h5-16H2,1-4H3,(H,25,26,28,29). The van der Waals surface area contributed by atoms with Gasteiger partial charge in [-0.15, -0.1) is 15.3 Å². The lowest BCUT2D eigenvalue weighted by molar-refractivity contribution is -0.120. The molecule has 0 fully saturated rings. The maximum absolute atomic E-state index is 12.2. The summed E-state index contributed by atoms with van der Waals surface area (Å²) in [5.74, 6) is 1.21. The van der Waals surface area contributed by atoms with Crippen LogP contribution in [0.25, 0.3) is 0 Å². The van der Waals surface area contributed by atoms with Crippen LogP contribution < -0.4 is 0 Å². The first kappa shape index (κ1) is 24.9. The zero-order valence-electron chi connectivity index (χ0n) is 19.5. The van der Waals surface area contributed by atoms with Crippen LogP contribution in [0.4, 0.5) is 0 Å². The molecule has 9 heteroatoms. The summed E-state index contributed by atoms with van der Waals surface area (Å²) in [6, 6.07) is 0. The van der Waals surface area contributed by atoms with E-state index in [1.54, 1.807) is 0 Å². The van der Waals surface area contributed by atoms with E-state index < -0.39 is 0 Å². The second-order valence-corrected chi connectivity index (χ2v) is 10.2. The van der Waals surface area contributed by atoms with Crippen LogP contribution in [0, 0.1) is 10.8 Å². The summed E-state index contributed by atoms with van der Waals surface area (Å²) in [5.41, 5.74) is 1.15. The van der Waals surface area contributed by atoms with E-state index in [9.17, 15) is 9.59 Å². The predicted molar refractivity (Wildman–Crippen MR) is 119 cm³/mol. The topological polar surface area (TPSA) is 126 Å². The van der Waals surface area contributed by atoms with E-state index in [0.717, 1.165) is 44.2 Å². The number of ketones is 2. The normalized spacial score (nSPS) is 14.1. The van der Waals surface area contributed by atoms with Gasteiger partial charge < -0.3 is 0 Å². The third-order valence-electron chi connectivity index (χ3n) is 5.74. The summed E-state index contributed by atoms with van der Waals surface area (Å²) in [7, 11) is 0. The maximum Gasteiger partial charge on any atom is 0.175 e. The van der Waals surface area contributed by atoms with E-state index >= 15 is 0 Å². The van der Waals surface area contributed by atoms with Gasteiger partial charge in [0.25, 0.3) is 0 Å². The fraction of sp³-hybridized carbons (Fsp3) is 0.818. The van der Waals surface area contributed by atoms with Crippen molar-refractivity contribution in [2.45, 2.75) is 98.3 Å². The third kappa shape index (κ3) is 10.5. The lowest BCUT2D eigenvalue weighted by atomic mass is 9.81. The number of carbonyl (C=O) groups excluding carboxylic acids is 2. The Morgan fingerprint density at radius 1 is 0.871 bits per heavy atom. The first-order chi connectivity index (χ1) is 14.7. The highest BCUT2D eigenvalue weighted by atomic mass is 16.1. The number of rotatable bonds is 16. The molecule has 2 heterocycles. The van der Waals surface area contributed by atoms with Crippen molar-refractivity contribution in [3.63, 3.8) is 0 Å². The Morgan fingerprint density at radius 3 is 1.97 bits per heavy atom. The minimum Gasteiger partial charge on any atom is -0.300 e. The zero-order valence-corrected chi connectivity index (χ0v) is 19.5. The molecule has 0 saturated carbocycles. The van der Waals surface area contributed by atoms with E-state index in [2.05, 4.69) is 63.8 Å². The van der Waals surface area contributed by atoms with E-state index in [-0.39, 0.29) is 22.4 Å². The number of hydrogen-bond donors (Lipinski definition) is 1. The summed E-state index contributed by atoms with van der Waals surface area (Å²) in [5, 5.41) is 25.6. The largest absolute Gasteiger partial charge is 0.300 e. The Balaban J connectivity index is 1.51. The number of tetrazole rings is 1. The molecule has 0 saturated heterocycles. The summed E-state index contributed by atoms with van der Waals surface area (Å²) in [6.07, 6.45) is 8.03. The molecule has 1 N–H and O–H groups in total. The van der Waals surface area contributed by atoms with Crippen LogP contribution in [0.1, 0.15) is 97.7 Å². The first-order valence-corrected chi connectivity index (χ1v) is 11.3. The van der Waals surface area contributed by atoms with Crippen LogP contribution in [-0.2, 0) is 16.0 Å². The Morgan fingerprint density at radius 2 is 1.45 bits per heavy atom. The van der Waals surface area contributed by atoms with Gasteiger partial charge in [0.1, 0.15) is 18.1 Å². The molecule has 0 aliphatic carbocycles. The molecule has 1 aliphatic rings. The number of Topliss-reactive ketones (excluding diaryl/α,β-unsaturated/α-hetero) is 2. The molecule has 1 aliphatic heterocycles. The van der Waals surface area contributed by atoms with Gasteiger partial charge in [-0.05, 0) is 54.6 Å². The molecular formula is C22H37N7O2. The van der Waals surface area contributed by atoms with Crippen LogP contribution in [0.2, 0.25) is 0 Å². The van der Waals surface area contributed by atoms with Gasteiger partial charge in [-0.3, -0.25) is 9.59 Å². The number of carbonyl (C=O) groups is 2. The zero-order chi connectivity index (χ0) is 22.7. The Hall–Kier alpha value is -2.32. The molecule has 172 valence electrons. The monoisotopic (exact) mass is 431 g/mol. The van der Waals surface area contributed by atoms with Gasteiger partial charge in [0.05, 0.1) is 5.71 Å². The van der Waals surface area contributed by atoms with Crippen LogP contribution in [0.5, 0.6) is 0 Å². The molecular weight excluding hydrogens is 394 g/mol. The van der Waals surface area contributed by atoms with Gasteiger partial charge in [0.15, 0.2) is 5.82 Å². The molecule has 0 amide bonds. The Kier molecular flexibility index (Phi) is 9.58. The van der Waals surface area contributed by atoms with Crippen molar-refractivity contribution in [3.05, 3.63) is 5.82 Å². The van der Waals surface area contributed by atoms with Crippen molar-refractivity contribution in [1.29, 1.82) is 0 Å². The van der Waals surface area contributed by atoms with Gasteiger partial charge in [-0.2, -0.15) is 10.3 Å². The number of H-pyrrole nitrogens is 1.